The van der Waals surface area contributed by atoms with Gasteiger partial charge < -0.3 is 41.7 Å². The van der Waals surface area contributed by atoms with Gasteiger partial charge in [-0.2, -0.15) is 0 Å². The summed E-state index contributed by atoms with van der Waals surface area (Å²) in [5, 5.41) is 19.9. The molecule has 0 bridgehead atoms. The standard InChI is InChI=1S/C41H54N6O10/c1-5-14-29(34(49)38(53)43-22-31(48)45-32(35(42)50)24-15-8-6-9-16-24)44-37(52)30-21-26(57-41(2,3)4)23-47(30)39(54)33(25-17-10-7-11-18-25)46-36(51)27-19-12-13-20-28(27)40(55)56/h6,8-9,12-13,15-16,19-20,25-26,29-30,32-33H,5,7,10-11,14,17-18,21-23H2,1-4H3,(H2,42,50)(H,43,53)(H,44,52)(H,45,48)(H,46,51)(H,55,56). The maximum Gasteiger partial charge on any atom is 0.336 e. The van der Waals surface area contributed by atoms with E-state index in [1.165, 1.54) is 29.2 Å². The van der Waals surface area contributed by atoms with Gasteiger partial charge in [-0.15, -0.1) is 0 Å². The normalized spacial score (nSPS) is 18.7. The number of carbonyl (C=O) groups is 8. The van der Waals surface area contributed by atoms with Gasteiger partial charge in [-0.05, 0) is 63.6 Å². The Hall–Kier alpha value is -5.64. The van der Waals surface area contributed by atoms with E-state index in [1.807, 2.05) is 20.8 Å². The number of Topliss-reactive ketones (excluding diaryl/α,β-unsaturated/α-hetero) is 1. The number of benzene rings is 2. The highest BCUT2D eigenvalue weighted by atomic mass is 16.5. The number of hydrogen-bond acceptors (Lipinski definition) is 9. The van der Waals surface area contributed by atoms with Gasteiger partial charge in [0, 0.05) is 13.0 Å². The fraction of sp³-hybridized carbons (Fsp3) is 0.512. The Morgan fingerprint density at radius 1 is 0.877 bits per heavy atom. The molecule has 1 aliphatic heterocycles. The number of likely N-dealkylation sites (tertiary alicyclic amines) is 1. The SMILES string of the molecule is CCCC(NC(=O)C1CC(OC(C)(C)C)CN1C(=O)C(NC(=O)c1ccccc1C(=O)O)C1CCCCC1)C(=O)C(=O)NCC(=O)NC(C(N)=O)c1ccccc1. The van der Waals surface area contributed by atoms with E-state index in [9.17, 15) is 43.5 Å². The van der Waals surface area contributed by atoms with Crippen molar-refractivity contribution >= 4 is 47.2 Å². The second-order valence-corrected chi connectivity index (χ2v) is 15.5. The third kappa shape index (κ3) is 12.2. The van der Waals surface area contributed by atoms with Crippen molar-refractivity contribution < 1.29 is 48.2 Å². The molecule has 0 spiro atoms. The average molecular weight is 791 g/mol. The van der Waals surface area contributed by atoms with Crippen LogP contribution >= 0.6 is 0 Å². The van der Waals surface area contributed by atoms with E-state index in [1.54, 1.807) is 37.3 Å². The number of carboxylic acid groups (broad SMARTS) is 1. The number of nitrogens with one attached hydrogen (secondary N) is 4. The highest BCUT2D eigenvalue weighted by Gasteiger charge is 2.46. The highest BCUT2D eigenvalue weighted by molar-refractivity contribution is 6.38. The van der Waals surface area contributed by atoms with Gasteiger partial charge in [0.15, 0.2) is 0 Å². The molecular weight excluding hydrogens is 736 g/mol. The van der Waals surface area contributed by atoms with Crippen LogP contribution in [0.15, 0.2) is 54.6 Å². The number of nitrogens with two attached hydrogens (primary N) is 1. The van der Waals surface area contributed by atoms with Crippen LogP contribution in [-0.2, 0) is 33.5 Å². The highest BCUT2D eigenvalue weighted by Crippen LogP contribution is 2.31. The summed E-state index contributed by atoms with van der Waals surface area (Å²) in [5.41, 5.74) is 4.92. The topological polar surface area (TPSA) is 243 Å². The van der Waals surface area contributed by atoms with Crippen LogP contribution in [0.4, 0.5) is 0 Å². The minimum absolute atomic E-state index is 0.00371. The number of ketones is 1. The van der Waals surface area contributed by atoms with Crippen molar-refractivity contribution in [2.75, 3.05) is 13.1 Å². The van der Waals surface area contributed by atoms with E-state index in [2.05, 4.69) is 21.3 Å². The smallest absolute Gasteiger partial charge is 0.336 e. The summed E-state index contributed by atoms with van der Waals surface area (Å²) in [6.45, 7) is 6.60. The fourth-order valence-electron chi connectivity index (χ4n) is 7.40. The Labute approximate surface area is 332 Å². The summed E-state index contributed by atoms with van der Waals surface area (Å²) in [4.78, 5) is 107. The monoisotopic (exact) mass is 790 g/mol. The van der Waals surface area contributed by atoms with Gasteiger partial charge in [0.1, 0.15) is 18.1 Å². The molecule has 57 heavy (non-hydrogen) atoms. The molecule has 5 atom stereocenters. The number of hydrogen-bond donors (Lipinski definition) is 6. The van der Waals surface area contributed by atoms with Crippen molar-refractivity contribution in [1.29, 1.82) is 0 Å². The maximum atomic E-state index is 14.6. The van der Waals surface area contributed by atoms with Crippen molar-refractivity contribution in [3.63, 3.8) is 0 Å². The summed E-state index contributed by atoms with van der Waals surface area (Å²) >= 11 is 0. The minimum atomic E-state index is -1.31. The molecule has 1 saturated carbocycles. The van der Waals surface area contributed by atoms with E-state index >= 15 is 0 Å². The first-order chi connectivity index (χ1) is 27.0. The van der Waals surface area contributed by atoms with Crippen LogP contribution in [0.1, 0.15) is 111 Å². The molecule has 7 N–H and O–H groups in total. The van der Waals surface area contributed by atoms with Crippen LogP contribution in [0.5, 0.6) is 0 Å². The van der Waals surface area contributed by atoms with Gasteiger partial charge in [-0.1, -0.05) is 75.1 Å². The maximum absolute atomic E-state index is 14.6. The zero-order valence-corrected chi connectivity index (χ0v) is 32.9. The third-order valence-corrected chi connectivity index (χ3v) is 10.0. The Morgan fingerprint density at radius 2 is 1.51 bits per heavy atom. The Balaban J connectivity index is 1.52. The van der Waals surface area contributed by atoms with Crippen LogP contribution in [-0.4, -0.2) is 100 Å². The summed E-state index contributed by atoms with van der Waals surface area (Å²) in [5.74, 6) is -7.35. The van der Waals surface area contributed by atoms with Crippen LogP contribution < -0.4 is 27.0 Å². The molecule has 2 aromatic rings. The second-order valence-electron chi connectivity index (χ2n) is 15.5. The first-order valence-electron chi connectivity index (χ1n) is 19.4. The van der Waals surface area contributed by atoms with Crippen LogP contribution in [0.25, 0.3) is 0 Å². The van der Waals surface area contributed by atoms with Crippen molar-refractivity contribution in [3.8, 4) is 0 Å². The number of aromatic carboxylic acids is 1. The van der Waals surface area contributed by atoms with E-state index in [-0.39, 0.29) is 36.4 Å². The lowest BCUT2D eigenvalue weighted by Crippen LogP contribution is -2.58. The molecular formula is C41H54N6O10. The van der Waals surface area contributed by atoms with Gasteiger partial charge in [-0.3, -0.25) is 33.6 Å². The van der Waals surface area contributed by atoms with Gasteiger partial charge in [0.2, 0.25) is 29.4 Å². The second kappa shape index (κ2) is 20.0. The number of carboxylic acids is 1. The molecule has 2 aliphatic rings. The molecule has 308 valence electrons. The van der Waals surface area contributed by atoms with Gasteiger partial charge in [0.05, 0.1) is 35.4 Å². The Kier molecular flexibility index (Phi) is 15.5. The number of nitrogens with zero attached hydrogens (tertiary/aromatic N) is 1. The molecule has 5 unspecified atom stereocenters. The number of carbonyl (C=O) groups excluding carboxylic acids is 7. The predicted molar refractivity (Wildman–Crippen MR) is 207 cm³/mol. The lowest BCUT2D eigenvalue weighted by molar-refractivity contribution is -0.143. The van der Waals surface area contributed by atoms with Crippen molar-refractivity contribution in [3.05, 3.63) is 71.3 Å². The number of rotatable bonds is 17. The van der Waals surface area contributed by atoms with Crippen molar-refractivity contribution in [1.82, 2.24) is 26.2 Å². The molecule has 16 nitrogen and oxygen atoms in total. The Bertz CT molecular complexity index is 1810. The van der Waals surface area contributed by atoms with E-state index < -0.39 is 89.6 Å². The fourth-order valence-corrected chi connectivity index (χ4v) is 7.40. The number of primary amides is 1. The molecule has 16 heteroatoms. The lowest BCUT2D eigenvalue weighted by atomic mass is 9.83. The Morgan fingerprint density at radius 3 is 2.11 bits per heavy atom. The lowest BCUT2D eigenvalue weighted by Gasteiger charge is -2.35. The van der Waals surface area contributed by atoms with Crippen LogP contribution in [0.2, 0.25) is 0 Å². The molecule has 2 aromatic carbocycles. The molecule has 1 aliphatic carbocycles. The first kappa shape index (κ1) is 44.1. The van der Waals surface area contributed by atoms with E-state index in [0.29, 0.717) is 24.8 Å². The molecule has 0 aromatic heterocycles. The molecule has 0 radical (unpaired) electrons. The van der Waals surface area contributed by atoms with Gasteiger partial charge in [0.25, 0.3) is 11.8 Å². The third-order valence-electron chi connectivity index (χ3n) is 10.0. The summed E-state index contributed by atoms with van der Waals surface area (Å²) < 4.78 is 6.22. The summed E-state index contributed by atoms with van der Waals surface area (Å²) in [6, 6.07) is 9.22. The van der Waals surface area contributed by atoms with Crippen molar-refractivity contribution in [2.24, 2.45) is 11.7 Å². The summed E-state index contributed by atoms with van der Waals surface area (Å²) in [6.07, 6.45) is 3.76. The molecule has 2 fully saturated rings. The van der Waals surface area contributed by atoms with Gasteiger partial charge >= 0.3 is 5.97 Å². The largest absolute Gasteiger partial charge is 0.478 e. The average Bonchev–Trinajstić information content (AvgIpc) is 3.60. The number of amides is 6. The first-order valence-corrected chi connectivity index (χ1v) is 19.4. The zero-order valence-electron chi connectivity index (χ0n) is 32.9. The molecule has 4 rings (SSSR count). The minimum Gasteiger partial charge on any atom is -0.478 e. The quantitative estimate of drug-likeness (QED) is 0.128. The number of ether oxygens (including phenoxy) is 1. The molecule has 6 amide bonds. The van der Waals surface area contributed by atoms with E-state index in [4.69, 9.17) is 10.5 Å². The van der Waals surface area contributed by atoms with E-state index in [0.717, 1.165) is 19.3 Å². The zero-order chi connectivity index (χ0) is 41.9. The van der Waals surface area contributed by atoms with Crippen LogP contribution in [0.3, 0.4) is 0 Å². The van der Waals surface area contributed by atoms with Crippen LogP contribution in [0, 0.1) is 5.92 Å². The summed E-state index contributed by atoms with van der Waals surface area (Å²) in [7, 11) is 0. The molecule has 1 heterocycles. The predicted octanol–water partition coefficient (Wildman–Crippen LogP) is 2.16. The van der Waals surface area contributed by atoms with Gasteiger partial charge in [-0.25, -0.2) is 4.79 Å². The molecule has 1 saturated heterocycles. The van der Waals surface area contributed by atoms with Crippen molar-refractivity contribution in [2.45, 2.75) is 115 Å².